The highest BCUT2D eigenvalue weighted by molar-refractivity contribution is 9.10. The Labute approximate surface area is 104 Å². The van der Waals surface area contributed by atoms with E-state index in [4.69, 9.17) is 10.1 Å². The molecule has 0 amide bonds. The normalized spacial score (nSPS) is 10.0. The summed E-state index contributed by atoms with van der Waals surface area (Å²) in [6.07, 6.45) is 0. The summed E-state index contributed by atoms with van der Waals surface area (Å²) in [5.74, 6) is 0.736. The van der Waals surface area contributed by atoms with Crippen molar-refractivity contribution in [1.82, 2.24) is 0 Å². The molecule has 1 rings (SSSR count). The second kappa shape index (κ2) is 6.44. The fraction of sp³-hybridized carbons (Fsp3) is 0.250. The lowest BCUT2D eigenvalue weighted by molar-refractivity contribution is 0.368. The van der Waals surface area contributed by atoms with E-state index in [0.29, 0.717) is 5.69 Å². The molecule has 0 aliphatic rings. The van der Waals surface area contributed by atoms with Crippen LogP contribution in [0.3, 0.4) is 0 Å². The SMILES string of the molecule is COc1cc(C)c([N+]#N)cc1Br.F[B-](F)(F)F. The van der Waals surface area contributed by atoms with E-state index < -0.39 is 7.25 Å². The molecular formula is C8H8BBrF4N2O. The molecule has 0 heterocycles. The third kappa shape index (κ3) is 6.78. The van der Waals surface area contributed by atoms with Gasteiger partial charge in [0.1, 0.15) is 5.75 Å². The summed E-state index contributed by atoms with van der Waals surface area (Å²) in [5.41, 5.74) is 1.42. The summed E-state index contributed by atoms with van der Waals surface area (Å²) in [5, 5.41) is 8.57. The van der Waals surface area contributed by atoms with E-state index in [2.05, 4.69) is 20.9 Å². The predicted octanol–water partition coefficient (Wildman–Crippen LogP) is 4.55. The highest BCUT2D eigenvalue weighted by atomic mass is 79.9. The van der Waals surface area contributed by atoms with Crippen LogP contribution < -0.4 is 4.74 Å². The number of ether oxygens (including phenoxy) is 1. The Morgan fingerprint density at radius 1 is 1.29 bits per heavy atom. The van der Waals surface area contributed by atoms with Crippen molar-refractivity contribution < 1.29 is 22.0 Å². The Morgan fingerprint density at radius 2 is 1.76 bits per heavy atom. The molecule has 0 aliphatic carbocycles. The van der Waals surface area contributed by atoms with Crippen LogP contribution in [0.15, 0.2) is 16.6 Å². The number of nitrogens with zero attached hydrogens (tertiary/aromatic N) is 2. The van der Waals surface area contributed by atoms with Crippen LogP contribution in [-0.2, 0) is 0 Å². The summed E-state index contributed by atoms with van der Waals surface area (Å²) in [4.78, 5) is 3.12. The number of rotatable bonds is 1. The molecule has 17 heavy (non-hydrogen) atoms. The van der Waals surface area contributed by atoms with Crippen molar-refractivity contribution in [1.29, 1.82) is 5.39 Å². The molecule has 0 aliphatic heterocycles. The number of methoxy groups -OCH3 is 1. The monoisotopic (exact) mass is 314 g/mol. The van der Waals surface area contributed by atoms with E-state index >= 15 is 0 Å². The lowest BCUT2D eigenvalue weighted by Crippen LogP contribution is -2.02. The first-order valence-corrected chi connectivity index (χ1v) is 5.05. The van der Waals surface area contributed by atoms with Crippen LogP contribution in [-0.4, -0.2) is 14.4 Å². The largest absolute Gasteiger partial charge is 0.673 e. The molecule has 0 saturated heterocycles. The van der Waals surface area contributed by atoms with Gasteiger partial charge in [-0.25, -0.2) is 0 Å². The summed E-state index contributed by atoms with van der Waals surface area (Å²) >= 11 is 3.29. The van der Waals surface area contributed by atoms with Crippen molar-refractivity contribution in [2.24, 2.45) is 0 Å². The van der Waals surface area contributed by atoms with Gasteiger partial charge in [0, 0.05) is 5.56 Å². The number of diazo groups is 1. The Kier molecular flexibility index (Phi) is 5.95. The van der Waals surface area contributed by atoms with Gasteiger partial charge in [-0.3, -0.25) is 0 Å². The fourth-order valence-corrected chi connectivity index (χ4v) is 1.40. The molecule has 0 unspecified atom stereocenters. The van der Waals surface area contributed by atoms with Crippen molar-refractivity contribution in [2.45, 2.75) is 6.92 Å². The van der Waals surface area contributed by atoms with Gasteiger partial charge in [-0.15, -0.1) is 0 Å². The van der Waals surface area contributed by atoms with Crippen LogP contribution in [0.4, 0.5) is 23.0 Å². The van der Waals surface area contributed by atoms with Crippen molar-refractivity contribution in [3.05, 3.63) is 27.1 Å². The van der Waals surface area contributed by atoms with Crippen molar-refractivity contribution in [3.8, 4) is 5.75 Å². The number of hydrogen-bond donors (Lipinski definition) is 0. The zero-order valence-corrected chi connectivity index (χ0v) is 10.5. The first-order chi connectivity index (χ1) is 7.69. The minimum absolute atomic E-state index is 0.544. The van der Waals surface area contributed by atoms with Gasteiger partial charge in [0.25, 0.3) is 0 Å². The first-order valence-electron chi connectivity index (χ1n) is 4.25. The Hall–Kier alpha value is -1.30. The van der Waals surface area contributed by atoms with Gasteiger partial charge in [0.15, 0.2) is 4.98 Å². The number of halogens is 5. The molecule has 1 aromatic rings. The maximum atomic E-state index is 9.75. The van der Waals surface area contributed by atoms with E-state index in [1.165, 1.54) is 0 Å². The van der Waals surface area contributed by atoms with Gasteiger partial charge < -0.3 is 22.0 Å². The Balaban J connectivity index is 0.000000437. The molecule has 0 aromatic heterocycles. The van der Waals surface area contributed by atoms with Crippen LogP contribution in [0.1, 0.15) is 5.56 Å². The lowest BCUT2D eigenvalue weighted by atomic mass is 10.2. The zero-order chi connectivity index (χ0) is 13.6. The molecule has 0 atom stereocenters. The fourth-order valence-electron chi connectivity index (χ4n) is 0.909. The van der Waals surface area contributed by atoms with Gasteiger partial charge in [-0.2, -0.15) is 0 Å². The van der Waals surface area contributed by atoms with Gasteiger partial charge in [0.2, 0.25) is 5.39 Å². The zero-order valence-electron chi connectivity index (χ0n) is 8.92. The Bertz CT molecular complexity index is 426. The summed E-state index contributed by atoms with van der Waals surface area (Å²) < 4.78 is 44.8. The van der Waals surface area contributed by atoms with Crippen molar-refractivity contribution in [2.75, 3.05) is 7.11 Å². The molecule has 0 bridgehead atoms. The average molecular weight is 315 g/mol. The molecule has 1 aromatic carbocycles. The average Bonchev–Trinajstić information content (AvgIpc) is 2.18. The van der Waals surface area contributed by atoms with Crippen LogP contribution >= 0.6 is 15.9 Å². The molecule has 0 spiro atoms. The van der Waals surface area contributed by atoms with Crippen molar-refractivity contribution >= 4 is 28.9 Å². The quantitative estimate of drug-likeness (QED) is 0.433. The summed E-state index contributed by atoms with van der Waals surface area (Å²) in [6.45, 7) is 1.85. The second-order valence-corrected chi connectivity index (χ2v) is 3.72. The molecule has 3 nitrogen and oxygen atoms in total. The van der Waals surface area contributed by atoms with Crippen molar-refractivity contribution in [3.63, 3.8) is 0 Å². The molecule has 0 saturated carbocycles. The minimum Gasteiger partial charge on any atom is -0.496 e. The maximum absolute atomic E-state index is 9.75. The van der Waals surface area contributed by atoms with Gasteiger partial charge >= 0.3 is 12.9 Å². The van der Waals surface area contributed by atoms with E-state index in [9.17, 15) is 17.3 Å². The standard InChI is InChI=1S/C8H8BrN2O.BF4/c1-5-3-8(12-2)6(9)4-7(5)11-10;2-1(3,4)5/h3-4H,1-2H3;/q+1;-1. The molecule has 0 fully saturated rings. The summed E-state index contributed by atoms with van der Waals surface area (Å²) in [6, 6.07) is 3.51. The van der Waals surface area contributed by atoms with Crippen LogP contribution in [0.5, 0.6) is 5.75 Å². The van der Waals surface area contributed by atoms with Crippen LogP contribution in [0.2, 0.25) is 0 Å². The van der Waals surface area contributed by atoms with E-state index in [1.54, 1.807) is 19.2 Å². The topological polar surface area (TPSA) is 37.4 Å². The van der Waals surface area contributed by atoms with Crippen LogP contribution in [0, 0.1) is 12.3 Å². The van der Waals surface area contributed by atoms with E-state index in [0.717, 1.165) is 15.8 Å². The van der Waals surface area contributed by atoms with Gasteiger partial charge in [0.05, 0.1) is 17.6 Å². The number of aryl methyl sites for hydroxylation is 1. The van der Waals surface area contributed by atoms with E-state index in [-0.39, 0.29) is 0 Å². The van der Waals surface area contributed by atoms with E-state index in [1.807, 2.05) is 6.92 Å². The first kappa shape index (κ1) is 15.7. The molecular weight excluding hydrogens is 307 g/mol. The molecule has 94 valence electrons. The highest BCUT2D eigenvalue weighted by Crippen LogP contribution is 2.32. The third-order valence-corrected chi connectivity index (χ3v) is 2.20. The summed E-state index contributed by atoms with van der Waals surface area (Å²) in [7, 11) is -4.41. The third-order valence-electron chi connectivity index (χ3n) is 1.58. The number of benzene rings is 1. The van der Waals surface area contributed by atoms with Gasteiger partial charge in [-0.05, 0) is 28.9 Å². The molecule has 0 N–H and O–H groups in total. The minimum atomic E-state index is -6.00. The highest BCUT2D eigenvalue weighted by Gasteiger charge is 2.20. The molecule has 9 heteroatoms. The maximum Gasteiger partial charge on any atom is 0.673 e. The lowest BCUT2D eigenvalue weighted by Gasteiger charge is -2.00. The predicted molar refractivity (Wildman–Crippen MR) is 60.4 cm³/mol. The van der Waals surface area contributed by atoms with Gasteiger partial charge in [-0.1, -0.05) is 0 Å². The second-order valence-electron chi connectivity index (χ2n) is 2.87. The van der Waals surface area contributed by atoms with Crippen LogP contribution in [0.25, 0.3) is 4.98 Å². The smallest absolute Gasteiger partial charge is 0.496 e. The number of hydrogen-bond acceptors (Lipinski definition) is 2. The Morgan fingerprint density at radius 3 is 2.12 bits per heavy atom. The molecule has 0 radical (unpaired) electrons.